The number of carbonyl (C=O) groups excluding carboxylic acids is 2. The topological polar surface area (TPSA) is 120 Å². The second kappa shape index (κ2) is 14.4. The molecule has 2 rings (SSSR count). The summed E-state index contributed by atoms with van der Waals surface area (Å²) in [5.74, 6) is 0.590. The fourth-order valence-electron chi connectivity index (χ4n) is 4.18. The monoisotopic (exact) mass is 501 g/mol. The van der Waals surface area contributed by atoms with Gasteiger partial charge in [0.05, 0.1) is 25.5 Å². The number of nitrogens with one attached hydrogen (secondary N) is 1. The molecular weight excluding hydrogens is 462 g/mol. The minimum atomic E-state index is -0.886. The zero-order valence-electron chi connectivity index (χ0n) is 22.0. The smallest absolute Gasteiger partial charge is 0.329 e. The Bertz CT molecular complexity index is 1050. The van der Waals surface area contributed by atoms with E-state index in [2.05, 4.69) is 31.2 Å². The number of hydrogen-bond donors (Lipinski definition) is 2. The van der Waals surface area contributed by atoms with E-state index in [-0.39, 0.29) is 31.1 Å². The number of hydrogen-bond acceptors (Lipinski definition) is 7. The highest BCUT2D eigenvalue weighted by Crippen LogP contribution is 2.26. The Morgan fingerprint density at radius 1 is 1.19 bits per heavy atom. The van der Waals surface area contributed by atoms with Crippen molar-refractivity contribution in [2.75, 3.05) is 20.3 Å². The predicted octanol–water partition coefficient (Wildman–Crippen LogP) is 2.87. The number of esters is 1. The van der Waals surface area contributed by atoms with Crippen LogP contribution in [0.2, 0.25) is 0 Å². The van der Waals surface area contributed by atoms with Crippen LogP contribution in [0.3, 0.4) is 0 Å². The minimum Gasteiger partial charge on any atom is -0.494 e. The molecule has 0 bridgehead atoms. The lowest BCUT2D eigenvalue weighted by Gasteiger charge is -2.20. The maximum absolute atomic E-state index is 12.7. The molecule has 9 nitrogen and oxygen atoms in total. The third kappa shape index (κ3) is 8.48. The largest absolute Gasteiger partial charge is 0.494 e. The zero-order chi connectivity index (χ0) is 26.7. The van der Waals surface area contributed by atoms with Crippen LogP contribution in [0.15, 0.2) is 35.3 Å². The Hall–Kier alpha value is -3.20. The van der Waals surface area contributed by atoms with Gasteiger partial charge in [-0.2, -0.15) is 5.10 Å². The van der Waals surface area contributed by atoms with Gasteiger partial charge >= 0.3 is 5.97 Å². The van der Waals surface area contributed by atoms with Gasteiger partial charge in [0.15, 0.2) is 5.75 Å². The number of aryl methyl sites for hydroxylation is 1. The third-order valence-electron chi connectivity index (χ3n) is 6.12. The number of aliphatic hydroxyl groups is 1. The van der Waals surface area contributed by atoms with Crippen LogP contribution in [0.5, 0.6) is 5.75 Å². The molecule has 0 aliphatic carbocycles. The van der Waals surface area contributed by atoms with Crippen molar-refractivity contribution in [3.63, 3.8) is 0 Å². The molecular formula is C27H39N3O6. The summed E-state index contributed by atoms with van der Waals surface area (Å²) in [6, 6.07) is 6.24. The number of aromatic nitrogens is 2. The zero-order valence-corrected chi connectivity index (χ0v) is 22.0. The number of nitrogens with zero attached hydrogens (tertiary/aromatic N) is 2. The molecule has 0 fully saturated rings. The van der Waals surface area contributed by atoms with Crippen molar-refractivity contribution in [2.45, 2.75) is 58.9 Å². The molecule has 2 N–H and O–H groups in total. The quantitative estimate of drug-likeness (QED) is 0.382. The van der Waals surface area contributed by atoms with Crippen molar-refractivity contribution < 1.29 is 24.2 Å². The van der Waals surface area contributed by atoms with Gasteiger partial charge in [0.25, 0.3) is 5.56 Å². The summed E-state index contributed by atoms with van der Waals surface area (Å²) in [5, 5.41) is 15.8. The Labute approximate surface area is 212 Å². The van der Waals surface area contributed by atoms with Crippen molar-refractivity contribution in [2.24, 2.45) is 18.9 Å². The highest BCUT2D eigenvalue weighted by molar-refractivity contribution is 5.84. The van der Waals surface area contributed by atoms with Crippen LogP contribution in [-0.2, 0) is 27.8 Å². The summed E-state index contributed by atoms with van der Waals surface area (Å²) in [4.78, 5) is 37.9. The molecule has 2 aromatic rings. The molecule has 0 saturated heterocycles. The lowest BCUT2D eigenvalue weighted by Crippen LogP contribution is -2.43. The molecule has 0 radical (unpaired) electrons. The lowest BCUT2D eigenvalue weighted by molar-refractivity contribution is -0.148. The van der Waals surface area contributed by atoms with Crippen LogP contribution in [0.1, 0.15) is 52.0 Å². The number of methoxy groups -OCH3 is 1. The number of carbonyl (C=O) groups is 2. The molecule has 9 heteroatoms. The standard InChI is InChI=1S/C27H39N3O6/c1-6-19(15-18(2)3)9-12-24(32)29-22(27(34)36-14-13-31)16-20-7-10-21(11-8-20)25-23(35-5)17-28-30(4)26(25)33/h7-8,10-11,17-19,22,31H,6,9,12-16H2,1-5H3,(H,29,32)/t19?,22-/m0/s1. The fraction of sp³-hybridized carbons (Fsp3) is 0.556. The SMILES string of the molecule is CCC(CCC(=O)N[C@@H](Cc1ccc(-c2c(OC)cnn(C)c2=O)cc1)C(=O)OCCO)CC(C)C. The summed E-state index contributed by atoms with van der Waals surface area (Å²) in [6.45, 7) is 6.04. The maximum Gasteiger partial charge on any atom is 0.329 e. The van der Waals surface area contributed by atoms with Crippen molar-refractivity contribution in [3.05, 3.63) is 46.4 Å². The average Bonchev–Trinajstić information content (AvgIpc) is 2.86. The first-order valence-corrected chi connectivity index (χ1v) is 12.5. The van der Waals surface area contributed by atoms with E-state index in [9.17, 15) is 14.4 Å². The first kappa shape index (κ1) is 29.0. The molecule has 1 aromatic carbocycles. The summed E-state index contributed by atoms with van der Waals surface area (Å²) < 4.78 is 11.6. The van der Waals surface area contributed by atoms with Crippen molar-refractivity contribution in [1.29, 1.82) is 0 Å². The normalized spacial score (nSPS) is 12.8. The number of rotatable bonds is 14. The van der Waals surface area contributed by atoms with E-state index < -0.39 is 12.0 Å². The van der Waals surface area contributed by atoms with E-state index in [1.54, 1.807) is 31.3 Å². The summed E-state index contributed by atoms with van der Waals surface area (Å²) in [7, 11) is 3.04. The maximum atomic E-state index is 12.7. The van der Waals surface area contributed by atoms with Gasteiger partial charge in [-0.15, -0.1) is 0 Å². The first-order valence-electron chi connectivity index (χ1n) is 12.5. The van der Waals surface area contributed by atoms with Gasteiger partial charge in [-0.3, -0.25) is 9.59 Å². The van der Waals surface area contributed by atoms with E-state index in [0.717, 1.165) is 24.8 Å². The van der Waals surface area contributed by atoms with E-state index in [4.69, 9.17) is 14.6 Å². The number of benzene rings is 1. The van der Waals surface area contributed by atoms with Gasteiger partial charge < -0.3 is 19.9 Å². The van der Waals surface area contributed by atoms with Gasteiger partial charge in [0, 0.05) is 19.9 Å². The third-order valence-corrected chi connectivity index (χ3v) is 6.12. The molecule has 0 aliphatic heterocycles. The molecule has 198 valence electrons. The van der Waals surface area contributed by atoms with Crippen LogP contribution >= 0.6 is 0 Å². The van der Waals surface area contributed by atoms with Gasteiger partial charge in [-0.25, -0.2) is 9.48 Å². The molecule has 1 heterocycles. The molecule has 0 saturated carbocycles. The fourth-order valence-corrected chi connectivity index (χ4v) is 4.18. The summed E-state index contributed by atoms with van der Waals surface area (Å²) in [6.07, 6.45) is 4.85. The van der Waals surface area contributed by atoms with Crippen molar-refractivity contribution >= 4 is 11.9 Å². The number of aliphatic hydroxyl groups excluding tert-OH is 1. The Morgan fingerprint density at radius 3 is 2.47 bits per heavy atom. The minimum absolute atomic E-state index is 0.137. The van der Waals surface area contributed by atoms with Crippen LogP contribution in [0, 0.1) is 11.8 Å². The Kier molecular flexibility index (Phi) is 11.6. The van der Waals surface area contributed by atoms with Gasteiger partial charge in [0.1, 0.15) is 12.6 Å². The molecule has 1 amide bonds. The Balaban J connectivity index is 2.15. The number of ether oxygens (including phenoxy) is 2. The predicted molar refractivity (Wildman–Crippen MR) is 138 cm³/mol. The van der Waals surface area contributed by atoms with Crippen LogP contribution in [-0.4, -0.2) is 53.1 Å². The van der Waals surface area contributed by atoms with Crippen LogP contribution in [0.25, 0.3) is 11.1 Å². The molecule has 36 heavy (non-hydrogen) atoms. The van der Waals surface area contributed by atoms with E-state index in [1.807, 2.05) is 0 Å². The van der Waals surface area contributed by atoms with Gasteiger partial charge in [-0.1, -0.05) is 51.5 Å². The van der Waals surface area contributed by atoms with E-state index in [1.165, 1.54) is 18.0 Å². The van der Waals surface area contributed by atoms with Crippen LogP contribution < -0.4 is 15.6 Å². The van der Waals surface area contributed by atoms with Crippen LogP contribution in [0.4, 0.5) is 0 Å². The molecule has 0 spiro atoms. The summed E-state index contributed by atoms with van der Waals surface area (Å²) in [5.41, 5.74) is 1.53. The highest BCUT2D eigenvalue weighted by Gasteiger charge is 2.24. The van der Waals surface area contributed by atoms with Crippen molar-refractivity contribution in [3.8, 4) is 16.9 Å². The molecule has 1 aromatic heterocycles. The summed E-state index contributed by atoms with van der Waals surface area (Å²) >= 11 is 0. The van der Waals surface area contributed by atoms with Crippen molar-refractivity contribution in [1.82, 2.24) is 15.1 Å². The average molecular weight is 502 g/mol. The molecule has 1 unspecified atom stereocenters. The van der Waals surface area contributed by atoms with Gasteiger partial charge in [-0.05, 0) is 35.8 Å². The Morgan fingerprint density at radius 2 is 1.89 bits per heavy atom. The van der Waals surface area contributed by atoms with E-state index in [0.29, 0.717) is 35.1 Å². The van der Waals surface area contributed by atoms with Gasteiger partial charge in [0.2, 0.25) is 5.91 Å². The highest BCUT2D eigenvalue weighted by atomic mass is 16.5. The second-order valence-corrected chi connectivity index (χ2v) is 9.37. The number of amides is 1. The van der Waals surface area contributed by atoms with E-state index >= 15 is 0 Å². The first-order chi connectivity index (χ1) is 17.2. The molecule has 2 atom stereocenters. The molecule has 0 aliphatic rings. The second-order valence-electron chi connectivity index (χ2n) is 9.37. The lowest BCUT2D eigenvalue weighted by atomic mass is 9.90.